The van der Waals surface area contributed by atoms with Gasteiger partial charge in [0.05, 0.1) is 4.47 Å². The maximum Gasteiger partial charge on any atom is 0.243 e. The molecule has 0 bridgehead atoms. The third kappa shape index (κ3) is 2.66. The summed E-state index contributed by atoms with van der Waals surface area (Å²) in [4.78, 5) is 4.42. The second-order valence-corrected chi connectivity index (χ2v) is 5.31. The number of fused-ring (bicyclic) bond motifs is 1. The summed E-state index contributed by atoms with van der Waals surface area (Å²) < 4.78 is 2.63. The molecule has 2 heterocycles. The molecule has 0 radical (unpaired) electrons. The summed E-state index contributed by atoms with van der Waals surface area (Å²) >= 11 is 3.45. The van der Waals surface area contributed by atoms with Gasteiger partial charge in [-0.1, -0.05) is 30.3 Å². The van der Waals surface area contributed by atoms with Crippen LogP contribution in [0.3, 0.4) is 0 Å². The molecule has 0 aliphatic carbocycles. The van der Waals surface area contributed by atoms with Crippen molar-refractivity contribution in [3.63, 3.8) is 0 Å². The molecule has 3 N–H and O–H groups in total. The number of halogens is 1. The van der Waals surface area contributed by atoms with Crippen LogP contribution in [0.25, 0.3) is 5.65 Å². The number of hydrogen-bond donors (Lipinski definition) is 2. The van der Waals surface area contributed by atoms with Crippen LogP contribution >= 0.6 is 15.9 Å². The average Bonchev–Trinajstić information content (AvgIpc) is 2.90. The van der Waals surface area contributed by atoms with Gasteiger partial charge in [-0.05, 0) is 33.6 Å². The average molecular weight is 332 g/mol. The first-order valence-electron chi connectivity index (χ1n) is 6.29. The second-order valence-electron chi connectivity index (χ2n) is 4.46. The zero-order valence-corrected chi connectivity index (χ0v) is 12.3. The monoisotopic (exact) mass is 331 g/mol. The number of pyridine rings is 1. The summed E-state index contributed by atoms with van der Waals surface area (Å²) in [5.74, 6) is 0.572. The molecule has 0 aliphatic rings. The van der Waals surface area contributed by atoms with E-state index in [1.54, 1.807) is 4.52 Å². The van der Waals surface area contributed by atoms with Crippen LogP contribution in [0.15, 0.2) is 53.1 Å². The van der Waals surface area contributed by atoms with Crippen LogP contribution in [0, 0.1) is 0 Å². The Balaban J connectivity index is 1.72. The minimum atomic E-state index is -0.0914. The number of rotatable bonds is 4. The van der Waals surface area contributed by atoms with Crippen LogP contribution in [0.4, 0.5) is 5.95 Å². The third-order valence-corrected chi connectivity index (χ3v) is 3.64. The Morgan fingerprint density at radius 3 is 2.75 bits per heavy atom. The SMILES string of the molecule is NC(CNc1nc2c(Br)cccn2n1)c1ccccc1. The molecule has 1 aromatic carbocycles. The molecule has 0 amide bonds. The highest BCUT2D eigenvalue weighted by Gasteiger charge is 2.09. The van der Waals surface area contributed by atoms with E-state index in [9.17, 15) is 0 Å². The summed E-state index contributed by atoms with van der Waals surface area (Å²) in [6, 6.07) is 13.7. The molecule has 20 heavy (non-hydrogen) atoms. The van der Waals surface area contributed by atoms with Gasteiger partial charge in [-0.25, -0.2) is 4.52 Å². The highest BCUT2D eigenvalue weighted by Crippen LogP contribution is 2.17. The van der Waals surface area contributed by atoms with Gasteiger partial charge >= 0.3 is 0 Å². The lowest BCUT2D eigenvalue weighted by Crippen LogP contribution is -2.21. The highest BCUT2D eigenvalue weighted by atomic mass is 79.9. The van der Waals surface area contributed by atoms with Gasteiger partial charge in [-0.15, -0.1) is 5.10 Å². The van der Waals surface area contributed by atoms with Crippen molar-refractivity contribution >= 4 is 27.5 Å². The molecule has 5 nitrogen and oxygen atoms in total. The molecule has 0 saturated heterocycles. The van der Waals surface area contributed by atoms with Crippen LogP contribution in [-0.2, 0) is 0 Å². The minimum absolute atomic E-state index is 0.0914. The van der Waals surface area contributed by atoms with Gasteiger partial charge in [0, 0.05) is 18.8 Å². The van der Waals surface area contributed by atoms with Gasteiger partial charge in [-0.2, -0.15) is 4.98 Å². The first-order valence-corrected chi connectivity index (χ1v) is 7.08. The smallest absolute Gasteiger partial charge is 0.243 e. The van der Waals surface area contributed by atoms with E-state index < -0.39 is 0 Å². The standard InChI is InChI=1S/C14H14BrN5/c15-11-7-4-8-20-13(11)18-14(19-20)17-9-12(16)10-5-2-1-3-6-10/h1-8,12H,9,16H2,(H,17,19). The molecule has 0 spiro atoms. The van der Waals surface area contributed by atoms with Crippen LogP contribution in [-0.4, -0.2) is 21.1 Å². The summed E-state index contributed by atoms with van der Waals surface area (Å²) in [6.07, 6.45) is 1.86. The van der Waals surface area contributed by atoms with Gasteiger partial charge < -0.3 is 11.1 Å². The van der Waals surface area contributed by atoms with Crippen LogP contribution in [0.5, 0.6) is 0 Å². The number of benzene rings is 1. The third-order valence-electron chi connectivity index (χ3n) is 3.02. The number of hydrogen-bond acceptors (Lipinski definition) is 4. The van der Waals surface area contributed by atoms with E-state index in [0.29, 0.717) is 12.5 Å². The second kappa shape index (κ2) is 5.60. The Bertz CT molecular complexity index is 710. The first kappa shape index (κ1) is 13.1. The van der Waals surface area contributed by atoms with Gasteiger partial charge in [0.2, 0.25) is 5.95 Å². The minimum Gasteiger partial charge on any atom is -0.351 e. The van der Waals surface area contributed by atoms with Gasteiger partial charge in [0.25, 0.3) is 0 Å². The normalized spacial score (nSPS) is 12.5. The van der Waals surface area contributed by atoms with Crippen LogP contribution in [0.2, 0.25) is 0 Å². The summed E-state index contributed by atoms with van der Waals surface area (Å²) in [6.45, 7) is 0.582. The summed E-state index contributed by atoms with van der Waals surface area (Å²) in [7, 11) is 0. The van der Waals surface area contributed by atoms with Crippen LogP contribution in [0.1, 0.15) is 11.6 Å². The van der Waals surface area contributed by atoms with Crippen molar-refractivity contribution in [3.8, 4) is 0 Å². The van der Waals surface area contributed by atoms with Crippen molar-refractivity contribution in [2.75, 3.05) is 11.9 Å². The molecule has 2 aromatic heterocycles. The van der Waals surface area contributed by atoms with E-state index in [-0.39, 0.29) is 6.04 Å². The molecule has 3 rings (SSSR count). The Labute approximate surface area is 125 Å². The maximum absolute atomic E-state index is 6.13. The van der Waals surface area contributed by atoms with E-state index in [4.69, 9.17) is 5.73 Å². The zero-order chi connectivity index (χ0) is 13.9. The molecule has 0 fully saturated rings. The molecule has 6 heteroatoms. The van der Waals surface area contributed by atoms with Gasteiger partial charge in [0.1, 0.15) is 0 Å². The molecule has 0 saturated carbocycles. The van der Waals surface area contributed by atoms with Crippen molar-refractivity contribution in [1.29, 1.82) is 0 Å². The highest BCUT2D eigenvalue weighted by molar-refractivity contribution is 9.10. The number of nitrogens with zero attached hydrogens (tertiary/aromatic N) is 3. The van der Waals surface area contributed by atoms with Crippen molar-refractivity contribution < 1.29 is 0 Å². The Morgan fingerprint density at radius 1 is 1.20 bits per heavy atom. The summed E-state index contributed by atoms with van der Waals surface area (Å²) in [5.41, 5.74) is 8.00. The van der Waals surface area contributed by atoms with E-state index >= 15 is 0 Å². The predicted molar refractivity (Wildman–Crippen MR) is 82.5 cm³/mol. The van der Waals surface area contributed by atoms with Crippen molar-refractivity contribution in [2.45, 2.75) is 6.04 Å². The van der Waals surface area contributed by atoms with E-state index in [1.807, 2.05) is 48.7 Å². The first-order chi connectivity index (χ1) is 9.74. The van der Waals surface area contributed by atoms with E-state index in [1.165, 1.54) is 0 Å². The zero-order valence-electron chi connectivity index (χ0n) is 10.7. The molecule has 102 valence electrons. The molecular formula is C14H14BrN5. The quantitative estimate of drug-likeness (QED) is 0.771. The number of nitrogens with two attached hydrogens (primary N) is 1. The maximum atomic E-state index is 6.13. The Hall–Kier alpha value is -1.92. The van der Waals surface area contributed by atoms with Crippen molar-refractivity contribution in [1.82, 2.24) is 14.6 Å². The molecule has 3 aromatic rings. The largest absolute Gasteiger partial charge is 0.351 e. The lowest BCUT2D eigenvalue weighted by atomic mass is 10.1. The Morgan fingerprint density at radius 2 is 2.00 bits per heavy atom. The van der Waals surface area contributed by atoms with Gasteiger partial charge in [-0.3, -0.25) is 0 Å². The number of anilines is 1. The van der Waals surface area contributed by atoms with Gasteiger partial charge in [0.15, 0.2) is 5.65 Å². The predicted octanol–water partition coefficient (Wildman–Crippen LogP) is 2.60. The molecular weight excluding hydrogens is 318 g/mol. The fourth-order valence-corrected chi connectivity index (χ4v) is 2.39. The summed E-state index contributed by atoms with van der Waals surface area (Å²) in [5, 5.41) is 7.52. The number of nitrogens with one attached hydrogen (secondary N) is 1. The van der Waals surface area contributed by atoms with E-state index in [0.717, 1.165) is 15.7 Å². The molecule has 1 unspecified atom stereocenters. The lowest BCUT2D eigenvalue weighted by molar-refractivity contribution is 0.757. The fraction of sp³-hybridized carbons (Fsp3) is 0.143. The van der Waals surface area contributed by atoms with Crippen molar-refractivity contribution in [3.05, 3.63) is 58.7 Å². The molecule has 1 atom stereocenters. The topological polar surface area (TPSA) is 68.2 Å². The Kier molecular flexibility index (Phi) is 3.66. The lowest BCUT2D eigenvalue weighted by Gasteiger charge is -2.11. The number of aromatic nitrogens is 3. The van der Waals surface area contributed by atoms with E-state index in [2.05, 4.69) is 31.3 Å². The molecule has 0 aliphatic heterocycles. The van der Waals surface area contributed by atoms with Crippen molar-refractivity contribution in [2.24, 2.45) is 5.73 Å². The van der Waals surface area contributed by atoms with Crippen LogP contribution < -0.4 is 11.1 Å². The fourth-order valence-electron chi connectivity index (χ4n) is 1.97.